The van der Waals surface area contributed by atoms with Crippen LogP contribution in [-0.4, -0.2) is 41.9 Å². The maximum absolute atomic E-state index is 14.8. The van der Waals surface area contributed by atoms with Crippen molar-refractivity contribution in [3.8, 4) is 16.9 Å². The number of carbonyl (C=O) groups is 1. The molecule has 0 radical (unpaired) electrons. The summed E-state index contributed by atoms with van der Waals surface area (Å²) in [5.41, 5.74) is 1.88. The Labute approximate surface area is 191 Å². The zero-order valence-electron chi connectivity index (χ0n) is 18.1. The first-order valence-electron chi connectivity index (χ1n) is 10.4. The Kier molecular flexibility index (Phi) is 5.18. The summed E-state index contributed by atoms with van der Waals surface area (Å²) < 4.78 is 58.8. The van der Waals surface area contributed by atoms with Crippen molar-refractivity contribution in [1.82, 2.24) is 29.4 Å². The highest BCUT2D eigenvalue weighted by Crippen LogP contribution is 2.37. The number of fused-ring (bicyclic) bond motifs is 1. The predicted octanol–water partition coefficient (Wildman–Crippen LogP) is 3.98. The molecule has 174 valence electrons. The number of hydrogen-bond acceptors (Lipinski definition) is 4. The first kappa shape index (κ1) is 21.8. The van der Waals surface area contributed by atoms with Crippen LogP contribution in [0.15, 0.2) is 43.0 Å². The second kappa shape index (κ2) is 8.08. The number of carbonyl (C=O) groups excluding carboxylic acids is 1. The van der Waals surface area contributed by atoms with E-state index in [1.165, 1.54) is 39.1 Å². The van der Waals surface area contributed by atoms with E-state index in [1.54, 1.807) is 20.0 Å². The van der Waals surface area contributed by atoms with Crippen LogP contribution in [0.25, 0.3) is 16.9 Å². The summed E-state index contributed by atoms with van der Waals surface area (Å²) in [6.45, 7) is 1.96. The van der Waals surface area contributed by atoms with Crippen LogP contribution in [0.3, 0.4) is 0 Å². The average Bonchev–Trinajstić information content (AvgIpc) is 3.45. The van der Waals surface area contributed by atoms with Crippen LogP contribution in [0.1, 0.15) is 34.6 Å². The van der Waals surface area contributed by atoms with Gasteiger partial charge in [0.15, 0.2) is 17.5 Å². The van der Waals surface area contributed by atoms with Gasteiger partial charge in [0, 0.05) is 24.7 Å². The summed E-state index contributed by atoms with van der Waals surface area (Å²) in [4.78, 5) is 18.8. The fourth-order valence-corrected chi connectivity index (χ4v) is 4.47. The van der Waals surface area contributed by atoms with Gasteiger partial charge in [0.25, 0.3) is 5.91 Å². The Morgan fingerprint density at radius 1 is 1.09 bits per heavy atom. The monoisotopic (exact) mass is 470 g/mol. The molecule has 4 aromatic rings. The van der Waals surface area contributed by atoms with Gasteiger partial charge in [-0.1, -0.05) is 6.07 Å². The van der Waals surface area contributed by atoms with E-state index < -0.39 is 35.2 Å². The molecule has 1 amide bonds. The SMILES string of the molecule is C[C@H]1c2nn(C)c(-c3cc(F)c(F)c(F)c3)c2CCN1C(=O)c1c(F)cccc1-n1cncn1. The Balaban J connectivity index is 1.54. The van der Waals surface area contributed by atoms with E-state index in [0.29, 0.717) is 23.4 Å². The van der Waals surface area contributed by atoms with E-state index in [0.717, 1.165) is 12.1 Å². The third kappa shape index (κ3) is 3.35. The second-order valence-corrected chi connectivity index (χ2v) is 7.99. The van der Waals surface area contributed by atoms with Crippen LogP contribution >= 0.6 is 0 Å². The molecule has 11 heteroatoms. The third-order valence-corrected chi connectivity index (χ3v) is 6.03. The molecule has 0 N–H and O–H groups in total. The highest BCUT2D eigenvalue weighted by atomic mass is 19.2. The molecule has 0 aliphatic carbocycles. The third-order valence-electron chi connectivity index (χ3n) is 6.03. The molecule has 3 heterocycles. The second-order valence-electron chi connectivity index (χ2n) is 7.99. The zero-order valence-corrected chi connectivity index (χ0v) is 18.1. The molecular formula is C23H18F4N6O. The molecule has 0 unspecified atom stereocenters. The number of rotatable bonds is 3. The van der Waals surface area contributed by atoms with Gasteiger partial charge in [0.2, 0.25) is 0 Å². The van der Waals surface area contributed by atoms with E-state index in [1.807, 2.05) is 0 Å². The molecule has 2 aromatic heterocycles. The van der Waals surface area contributed by atoms with E-state index in [-0.39, 0.29) is 23.4 Å². The van der Waals surface area contributed by atoms with Crippen molar-refractivity contribution in [3.63, 3.8) is 0 Å². The summed E-state index contributed by atoms with van der Waals surface area (Å²) in [5, 5.41) is 8.48. The van der Waals surface area contributed by atoms with Crippen LogP contribution in [0.5, 0.6) is 0 Å². The summed E-state index contributed by atoms with van der Waals surface area (Å²) >= 11 is 0. The number of benzene rings is 2. The molecule has 0 saturated carbocycles. The van der Waals surface area contributed by atoms with Crippen LogP contribution in [0.4, 0.5) is 17.6 Å². The highest BCUT2D eigenvalue weighted by molar-refractivity contribution is 5.98. The predicted molar refractivity (Wildman–Crippen MR) is 113 cm³/mol. The molecule has 7 nitrogen and oxygen atoms in total. The molecule has 1 aliphatic heterocycles. The zero-order chi connectivity index (χ0) is 24.1. The number of aryl methyl sites for hydroxylation is 1. The lowest BCUT2D eigenvalue weighted by Gasteiger charge is -2.33. The fraction of sp³-hybridized carbons (Fsp3) is 0.217. The molecule has 0 spiro atoms. The summed E-state index contributed by atoms with van der Waals surface area (Å²) in [7, 11) is 1.60. The normalized spacial score (nSPS) is 15.5. The van der Waals surface area contributed by atoms with Gasteiger partial charge in [0.1, 0.15) is 24.0 Å². The van der Waals surface area contributed by atoms with Gasteiger partial charge in [-0.2, -0.15) is 10.2 Å². The van der Waals surface area contributed by atoms with E-state index in [9.17, 15) is 22.4 Å². The van der Waals surface area contributed by atoms with E-state index in [2.05, 4.69) is 15.2 Å². The van der Waals surface area contributed by atoms with Gasteiger partial charge in [-0.3, -0.25) is 9.48 Å². The average molecular weight is 470 g/mol. The van der Waals surface area contributed by atoms with E-state index in [4.69, 9.17) is 0 Å². The lowest BCUT2D eigenvalue weighted by molar-refractivity contribution is 0.0668. The molecular weight excluding hydrogens is 452 g/mol. The summed E-state index contributed by atoms with van der Waals surface area (Å²) in [6.07, 6.45) is 2.96. The molecule has 0 fully saturated rings. The number of halogens is 4. The first-order valence-corrected chi connectivity index (χ1v) is 10.4. The largest absolute Gasteiger partial charge is 0.330 e. The molecule has 1 atom stereocenters. The van der Waals surface area contributed by atoms with Gasteiger partial charge < -0.3 is 4.90 Å². The summed E-state index contributed by atoms with van der Waals surface area (Å²) in [6, 6.07) is 5.52. The lowest BCUT2D eigenvalue weighted by Crippen LogP contribution is -2.39. The standard InChI is InChI=1S/C23H18F4N6O/c1-12-21-14(22(31(2)30-21)13-8-16(25)20(27)17(26)9-13)6-7-32(12)23(34)19-15(24)4-3-5-18(19)33-11-28-10-29-33/h3-5,8-12H,6-7H2,1-2H3/t12-/m0/s1. The topological polar surface area (TPSA) is 68.8 Å². The Hall–Kier alpha value is -4.02. The Morgan fingerprint density at radius 2 is 1.82 bits per heavy atom. The lowest BCUT2D eigenvalue weighted by atomic mass is 9.94. The molecule has 34 heavy (non-hydrogen) atoms. The van der Waals surface area contributed by atoms with Gasteiger partial charge in [-0.25, -0.2) is 27.2 Å². The highest BCUT2D eigenvalue weighted by Gasteiger charge is 2.35. The Bertz CT molecular complexity index is 1390. The van der Waals surface area contributed by atoms with Crippen molar-refractivity contribution in [1.29, 1.82) is 0 Å². The summed E-state index contributed by atoms with van der Waals surface area (Å²) in [5.74, 6) is -5.39. The van der Waals surface area contributed by atoms with Gasteiger partial charge in [0.05, 0.1) is 23.1 Å². The van der Waals surface area contributed by atoms with Crippen LogP contribution in [-0.2, 0) is 13.5 Å². The number of amides is 1. The van der Waals surface area contributed by atoms with Crippen molar-refractivity contribution in [3.05, 3.63) is 83.1 Å². The van der Waals surface area contributed by atoms with Gasteiger partial charge >= 0.3 is 0 Å². The first-order chi connectivity index (χ1) is 16.3. The van der Waals surface area contributed by atoms with Crippen LogP contribution in [0.2, 0.25) is 0 Å². The molecule has 0 bridgehead atoms. The molecule has 0 saturated heterocycles. The fourth-order valence-electron chi connectivity index (χ4n) is 4.47. The molecule has 1 aliphatic rings. The number of hydrogen-bond donors (Lipinski definition) is 0. The van der Waals surface area contributed by atoms with Gasteiger partial charge in [-0.15, -0.1) is 0 Å². The van der Waals surface area contributed by atoms with Crippen molar-refractivity contribution < 1.29 is 22.4 Å². The van der Waals surface area contributed by atoms with Crippen LogP contribution in [0, 0.1) is 23.3 Å². The van der Waals surface area contributed by atoms with E-state index >= 15 is 0 Å². The maximum Gasteiger partial charge on any atom is 0.259 e. The van der Waals surface area contributed by atoms with Crippen LogP contribution < -0.4 is 0 Å². The minimum Gasteiger partial charge on any atom is -0.330 e. The quantitative estimate of drug-likeness (QED) is 0.336. The minimum absolute atomic E-state index is 0.141. The maximum atomic E-state index is 14.8. The van der Waals surface area contributed by atoms with Crippen molar-refractivity contribution in [2.24, 2.45) is 7.05 Å². The van der Waals surface area contributed by atoms with Crippen molar-refractivity contribution >= 4 is 5.91 Å². The molecule has 2 aromatic carbocycles. The molecule has 5 rings (SSSR count). The van der Waals surface area contributed by atoms with Crippen molar-refractivity contribution in [2.75, 3.05) is 6.54 Å². The smallest absolute Gasteiger partial charge is 0.259 e. The number of aromatic nitrogens is 5. The van der Waals surface area contributed by atoms with Crippen molar-refractivity contribution in [2.45, 2.75) is 19.4 Å². The minimum atomic E-state index is -1.54. The number of nitrogens with zero attached hydrogens (tertiary/aromatic N) is 6. The van der Waals surface area contributed by atoms with Gasteiger partial charge in [-0.05, 0) is 37.6 Å². The Morgan fingerprint density at radius 3 is 2.50 bits per heavy atom.